The van der Waals surface area contributed by atoms with E-state index in [4.69, 9.17) is 0 Å². The molecule has 2 N–H and O–H groups in total. The van der Waals surface area contributed by atoms with Crippen molar-refractivity contribution >= 4 is 29.9 Å². The maximum atomic E-state index is 4.41. The summed E-state index contributed by atoms with van der Waals surface area (Å²) in [5, 5.41) is 7.19. The van der Waals surface area contributed by atoms with Crippen molar-refractivity contribution in [3.8, 4) is 0 Å². The second kappa shape index (κ2) is 11.5. The molecule has 0 amide bonds. The van der Waals surface area contributed by atoms with E-state index in [2.05, 4.69) is 34.4 Å². The molecule has 0 bridgehead atoms. The molecule has 0 spiro atoms. The van der Waals surface area contributed by atoms with E-state index >= 15 is 0 Å². The SMILES string of the molecule is CCCN1CCC(CNC(=NC)NC2CCC(C)CC2)CC1.I. The highest BCUT2D eigenvalue weighted by molar-refractivity contribution is 14.0. The second-order valence-electron chi connectivity index (χ2n) is 7.34. The fourth-order valence-corrected chi connectivity index (χ4v) is 3.76. The first kappa shape index (κ1) is 21.0. The first-order valence-corrected chi connectivity index (χ1v) is 9.40. The van der Waals surface area contributed by atoms with E-state index in [1.54, 1.807) is 0 Å². The summed E-state index contributed by atoms with van der Waals surface area (Å²) in [4.78, 5) is 7.02. The van der Waals surface area contributed by atoms with Gasteiger partial charge in [-0.2, -0.15) is 0 Å². The average molecular weight is 436 g/mol. The minimum Gasteiger partial charge on any atom is -0.356 e. The molecule has 0 aromatic heterocycles. The molecule has 1 saturated heterocycles. The summed E-state index contributed by atoms with van der Waals surface area (Å²) in [5.41, 5.74) is 0. The van der Waals surface area contributed by atoms with Gasteiger partial charge in [0.2, 0.25) is 0 Å². The number of piperidine rings is 1. The van der Waals surface area contributed by atoms with Crippen molar-refractivity contribution in [2.75, 3.05) is 33.2 Å². The molecular weight excluding hydrogens is 399 g/mol. The molecule has 1 aliphatic heterocycles. The summed E-state index contributed by atoms with van der Waals surface area (Å²) >= 11 is 0. The van der Waals surface area contributed by atoms with Gasteiger partial charge in [-0.05, 0) is 76.4 Å². The number of rotatable bonds is 5. The Hall–Kier alpha value is -0.0400. The topological polar surface area (TPSA) is 39.7 Å². The average Bonchev–Trinajstić information content (AvgIpc) is 2.55. The Morgan fingerprint density at radius 2 is 1.74 bits per heavy atom. The first-order valence-electron chi connectivity index (χ1n) is 9.40. The lowest BCUT2D eigenvalue weighted by molar-refractivity contribution is 0.185. The number of likely N-dealkylation sites (tertiary alicyclic amines) is 1. The van der Waals surface area contributed by atoms with E-state index in [0.717, 1.165) is 24.3 Å². The van der Waals surface area contributed by atoms with Crippen LogP contribution in [0.5, 0.6) is 0 Å². The number of nitrogens with zero attached hydrogens (tertiary/aromatic N) is 2. The van der Waals surface area contributed by atoms with Crippen LogP contribution in [0.1, 0.15) is 58.8 Å². The third-order valence-electron chi connectivity index (χ3n) is 5.39. The van der Waals surface area contributed by atoms with Crippen molar-refractivity contribution in [1.29, 1.82) is 0 Å². The highest BCUT2D eigenvalue weighted by Gasteiger charge is 2.21. The monoisotopic (exact) mass is 436 g/mol. The van der Waals surface area contributed by atoms with Crippen molar-refractivity contribution in [3.05, 3.63) is 0 Å². The summed E-state index contributed by atoms with van der Waals surface area (Å²) in [6.45, 7) is 9.52. The van der Waals surface area contributed by atoms with Gasteiger partial charge < -0.3 is 15.5 Å². The van der Waals surface area contributed by atoms with E-state index < -0.39 is 0 Å². The molecule has 2 rings (SSSR count). The normalized spacial score (nSPS) is 27.3. The lowest BCUT2D eigenvalue weighted by Crippen LogP contribution is -2.47. The van der Waals surface area contributed by atoms with Crippen LogP contribution in [0.4, 0.5) is 0 Å². The molecule has 0 aromatic rings. The van der Waals surface area contributed by atoms with E-state index in [1.165, 1.54) is 64.6 Å². The number of halogens is 1. The molecule has 1 saturated carbocycles. The summed E-state index contributed by atoms with van der Waals surface area (Å²) < 4.78 is 0. The third-order valence-corrected chi connectivity index (χ3v) is 5.39. The zero-order valence-corrected chi connectivity index (χ0v) is 17.6. The van der Waals surface area contributed by atoms with Crippen LogP contribution >= 0.6 is 24.0 Å². The van der Waals surface area contributed by atoms with Gasteiger partial charge in [0.05, 0.1) is 0 Å². The van der Waals surface area contributed by atoms with Gasteiger partial charge >= 0.3 is 0 Å². The van der Waals surface area contributed by atoms with E-state index in [0.29, 0.717) is 6.04 Å². The minimum atomic E-state index is 0. The van der Waals surface area contributed by atoms with Crippen molar-refractivity contribution in [2.24, 2.45) is 16.8 Å². The van der Waals surface area contributed by atoms with Crippen molar-refractivity contribution < 1.29 is 0 Å². The molecule has 136 valence electrons. The van der Waals surface area contributed by atoms with Crippen molar-refractivity contribution in [3.63, 3.8) is 0 Å². The quantitative estimate of drug-likeness (QED) is 0.394. The Morgan fingerprint density at radius 3 is 2.30 bits per heavy atom. The van der Waals surface area contributed by atoms with Gasteiger partial charge in [-0.3, -0.25) is 4.99 Å². The summed E-state index contributed by atoms with van der Waals surface area (Å²) in [6.07, 6.45) is 9.21. The minimum absolute atomic E-state index is 0. The van der Waals surface area contributed by atoms with Gasteiger partial charge in [-0.1, -0.05) is 13.8 Å². The molecule has 1 aliphatic carbocycles. The molecule has 4 nitrogen and oxygen atoms in total. The largest absolute Gasteiger partial charge is 0.356 e. The molecule has 1 heterocycles. The standard InChI is InChI=1S/C18H36N4.HI/c1-4-11-22-12-9-16(10-13-22)14-20-18(19-3)21-17-7-5-15(2)6-8-17;/h15-17H,4-14H2,1-3H3,(H2,19,20,21);1H. The van der Waals surface area contributed by atoms with Crippen LogP contribution in [0.2, 0.25) is 0 Å². The van der Waals surface area contributed by atoms with Gasteiger partial charge in [-0.25, -0.2) is 0 Å². The smallest absolute Gasteiger partial charge is 0.191 e. The van der Waals surface area contributed by atoms with Gasteiger partial charge in [-0.15, -0.1) is 24.0 Å². The third kappa shape index (κ3) is 7.59. The number of guanidine groups is 1. The molecule has 2 fully saturated rings. The lowest BCUT2D eigenvalue weighted by atomic mass is 9.87. The van der Waals surface area contributed by atoms with Crippen LogP contribution in [-0.2, 0) is 0 Å². The predicted molar refractivity (Wildman–Crippen MR) is 111 cm³/mol. The lowest BCUT2D eigenvalue weighted by Gasteiger charge is -2.32. The van der Waals surface area contributed by atoms with Crippen molar-refractivity contribution in [2.45, 2.75) is 64.8 Å². The molecule has 2 aliphatic rings. The van der Waals surface area contributed by atoms with Crippen LogP contribution in [0.3, 0.4) is 0 Å². The van der Waals surface area contributed by atoms with Gasteiger partial charge in [0.15, 0.2) is 5.96 Å². The summed E-state index contributed by atoms with van der Waals surface area (Å²) in [5.74, 6) is 2.72. The molecular formula is C18H37IN4. The Bertz CT molecular complexity index is 332. The van der Waals surface area contributed by atoms with E-state index in [9.17, 15) is 0 Å². The zero-order chi connectivity index (χ0) is 15.8. The number of aliphatic imine (C=N–C) groups is 1. The fourth-order valence-electron chi connectivity index (χ4n) is 3.76. The van der Waals surface area contributed by atoms with E-state index in [1.807, 2.05) is 7.05 Å². The number of hydrogen-bond donors (Lipinski definition) is 2. The maximum Gasteiger partial charge on any atom is 0.191 e. The highest BCUT2D eigenvalue weighted by Crippen LogP contribution is 2.23. The maximum absolute atomic E-state index is 4.41. The van der Waals surface area contributed by atoms with Crippen LogP contribution in [-0.4, -0.2) is 50.1 Å². The molecule has 0 atom stereocenters. The van der Waals surface area contributed by atoms with Crippen LogP contribution in [0.15, 0.2) is 4.99 Å². The Kier molecular flexibility index (Phi) is 10.5. The summed E-state index contributed by atoms with van der Waals surface area (Å²) in [7, 11) is 1.89. The predicted octanol–water partition coefficient (Wildman–Crippen LogP) is 3.47. The van der Waals surface area contributed by atoms with Crippen LogP contribution in [0, 0.1) is 11.8 Å². The van der Waals surface area contributed by atoms with Crippen LogP contribution < -0.4 is 10.6 Å². The molecule has 0 aromatic carbocycles. The summed E-state index contributed by atoms with van der Waals surface area (Å²) in [6, 6.07) is 0.619. The van der Waals surface area contributed by atoms with Gasteiger partial charge in [0.25, 0.3) is 0 Å². The number of nitrogens with one attached hydrogen (secondary N) is 2. The van der Waals surface area contributed by atoms with E-state index in [-0.39, 0.29) is 24.0 Å². The van der Waals surface area contributed by atoms with Gasteiger partial charge in [0, 0.05) is 19.6 Å². The second-order valence-corrected chi connectivity index (χ2v) is 7.34. The Balaban J connectivity index is 0.00000264. The fraction of sp³-hybridized carbons (Fsp3) is 0.944. The highest BCUT2D eigenvalue weighted by atomic mass is 127. The molecule has 23 heavy (non-hydrogen) atoms. The first-order chi connectivity index (χ1) is 10.7. The Morgan fingerprint density at radius 1 is 1.09 bits per heavy atom. The van der Waals surface area contributed by atoms with Gasteiger partial charge in [0.1, 0.15) is 0 Å². The zero-order valence-electron chi connectivity index (χ0n) is 15.3. The molecule has 0 unspecified atom stereocenters. The van der Waals surface area contributed by atoms with Crippen molar-refractivity contribution in [1.82, 2.24) is 15.5 Å². The molecule has 5 heteroatoms. The number of hydrogen-bond acceptors (Lipinski definition) is 2. The van der Waals surface area contributed by atoms with Crippen LogP contribution in [0.25, 0.3) is 0 Å². The Labute approximate surface area is 160 Å². The molecule has 0 radical (unpaired) electrons.